The van der Waals surface area contributed by atoms with Gasteiger partial charge in [0.05, 0.1) is 22.6 Å². The van der Waals surface area contributed by atoms with Gasteiger partial charge in [-0.05, 0) is 44.4 Å². The number of fused-ring (bicyclic) bond motifs is 1. The fourth-order valence-corrected chi connectivity index (χ4v) is 4.53. The molecule has 9 nitrogen and oxygen atoms in total. The maximum absolute atomic E-state index is 15.1. The highest BCUT2D eigenvalue weighted by atomic mass is 19.4. The molecule has 0 amide bonds. The van der Waals surface area contributed by atoms with E-state index in [9.17, 15) is 13.2 Å². The number of alkyl halides is 3. The first-order valence-corrected chi connectivity index (χ1v) is 12.4. The van der Waals surface area contributed by atoms with Gasteiger partial charge in [-0.1, -0.05) is 13.0 Å². The van der Waals surface area contributed by atoms with E-state index < -0.39 is 17.7 Å². The first-order chi connectivity index (χ1) is 18.7. The van der Waals surface area contributed by atoms with Gasteiger partial charge < -0.3 is 5.32 Å². The molecule has 1 fully saturated rings. The van der Waals surface area contributed by atoms with E-state index in [0.717, 1.165) is 46.6 Å². The standard InChI is InChI=1S/C26H23F4N9/c1-3-19-21(22(15-4-5-15)34-13-33-19)23-35-24(25-31-8-9-38(25)37-23)32-12-16-6-7-17(11-18(16)27)39-14(2)10-20(36-39)26(28,29)30/h6-11,13,15H,3-5,12H2,1-2H3,(H,32,35,37). The van der Waals surface area contributed by atoms with E-state index in [1.54, 1.807) is 23.2 Å². The minimum Gasteiger partial charge on any atom is -0.363 e. The highest BCUT2D eigenvalue weighted by Gasteiger charge is 2.34. The second-order valence-corrected chi connectivity index (χ2v) is 9.40. The SMILES string of the molecule is CCc1ncnc(C2CC2)c1-c1nc(NCc2ccc(-n3nc(C(F)(F)F)cc3C)cc2F)c2nccn2n1. The number of aromatic nitrogens is 8. The first-order valence-electron chi connectivity index (χ1n) is 12.4. The van der Waals surface area contributed by atoms with Crippen molar-refractivity contribution in [1.82, 2.24) is 39.3 Å². The Kier molecular flexibility index (Phi) is 6.00. The summed E-state index contributed by atoms with van der Waals surface area (Å²) < 4.78 is 56.9. The molecule has 1 aliphatic carbocycles. The highest BCUT2D eigenvalue weighted by molar-refractivity contribution is 5.69. The molecule has 4 aromatic heterocycles. The summed E-state index contributed by atoms with van der Waals surface area (Å²) in [4.78, 5) is 18.0. The predicted molar refractivity (Wildman–Crippen MR) is 134 cm³/mol. The number of benzene rings is 1. The molecular weight excluding hydrogens is 514 g/mol. The highest BCUT2D eigenvalue weighted by Crippen LogP contribution is 2.43. The van der Waals surface area contributed by atoms with Crippen LogP contribution in [0.3, 0.4) is 0 Å². The topological polar surface area (TPSA) is 98.7 Å². The lowest BCUT2D eigenvalue weighted by atomic mass is 10.1. The Balaban J connectivity index is 1.31. The van der Waals surface area contributed by atoms with Crippen molar-refractivity contribution in [3.05, 3.63) is 77.1 Å². The summed E-state index contributed by atoms with van der Waals surface area (Å²) in [7, 11) is 0. The van der Waals surface area contributed by atoms with E-state index >= 15 is 4.39 Å². The number of nitrogens with zero attached hydrogens (tertiary/aromatic N) is 8. The molecule has 6 rings (SSSR count). The average molecular weight is 538 g/mol. The van der Waals surface area contributed by atoms with Crippen LogP contribution in [0.4, 0.5) is 23.4 Å². The molecule has 0 atom stereocenters. The maximum atomic E-state index is 15.1. The summed E-state index contributed by atoms with van der Waals surface area (Å²) in [5.74, 6) is 0.606. The third-order valence-corrected chi connectivity index (χ3v) is 6.64. The van der Waals surface area contributed by atoms with Crippen LogP contribution in [0.5, 0.6) is 0 Å². The smallest absolute Gasteiger partial charge is 0.363 e. The van der Waals surface area contributed by atoms with Crippen LogP contribution in [0.15, 0.2) is 43.0 Å². The van der Waals surface area contributed by atoms with Crippen molar-refractivity contribution >= 4 is 11.5 Å². The van der Waals surface area contributed by atoms with Gasteiger partial charge in [0.2, 0.25) is 0 Å². The van der Waals surface area contributed by atoms with Crippen LogP contribution in [-0.4, -0.2) is 39.3 Å². The van der Waals surface area contributed by atoms with Crippen molar-refractivity contribution in [3.8, 4) is 17.1 Å². The molecule has 0 radical (unpaired) electrons. The number of anilines is 1. The van der Waals surface area contributed by atoms with Crippen LogP contribution >= 0.6 is 0 Å². The number of aryl methyl sites for hydroxylation is 2. The zero-order valence-corrected chi connectivity index (χ0v) is 21.0. The minimum absolute atomic E-state index is 0.0540. The summed E-state index contributed by atoms with van der Waals surface area (Å²) in [6.07, 6.45) is 3.08. The summed E-state index contributed by atoms with van der Waals surface area (Å²) in [6.45, 7) is 3.55. The lowest BCUT2D eigenvalue weighted by Crippen LogP contribution is -2.11. The van der Waals surface area contributed by atoms with Gasteiger partial charge in [-0.3, -0.25) is 0 Å². The fourth-order valence-electron chi connectivity index (χ4n) is 4.53. The van der Waals surface area contributed by atoms with Crippen molar-refractivity contribution in [2.45, 2.75) is 51.7 Å². The molecule has 13 heteroatoms. The van der Waals surface area contributed by atoms with E-state index in [2.05, 4.69) is 30.5 Å². The second kappa shape index (κ2) is 9.40. The molecular formula is C26H23F4N9. The van der Waals surface area contributed by atoms with Crippen molar-refractivity contribution in [1.29, 1.82) is 0 Å². The number of rotatable bonds is 7. The molecule has 1 aromatic carbocycles. The van der Waals surface area contributed by atoms with Gasteiger partial charge in [0, 0.05) is 36.1 Å². The van der Waals surface area contributed by atoms with Crippen LogP contribution in [-0.2, 0) is 19.1 Å². The number of hydrogen-bond donors (Lipinski definition) is 1. The quantitative estimate of drug-likeness (QED) is 0.282. The normalized spacial score (nSPS) is 13.8. The van der Waals surface area contributed by atoms with Crippen molar-refractivity contribution in [2.75, 3.05) is 5.32 Å². The van der Waals surface area contributed by atoms with Crippen LogP contribution in [0.1, 0.15) is 54.0 Å². The molecule has 1 N–H and O–H groups in total. The Hall–Kier alpha value is -4.42. The van der Waals surface area contributed by atoms with E-state index in [1.165, 1.54) is 19.1 Å². The van der Waals surface area contributed by atoms with Gasteiger partial charge in [0.15, 0.2) is 23.0 Å². The number of nitrogens with one attached hydrogen (secondary N) is 1. The molecule has 1 aliphatic rings. The average Bonchev–Trinajstić information content (AvgIpc) is 3.51. The molecule has 5 aromatic rings. The Bertz CT molecular complexity index is 1690. The first kappa shape index (κ1) is 24.9. The fraction of sp³-hybridized carbons (Fsp3) is 0.308. The third kappa shape index (κ3) is 4.68. The van der Waals surface area contributed by atoms with Crippen molar-refractivity contribution < 1.29 is 17.6 Å². The van der Waals surface area contributed by atoms with Gasteiger partial charge >= 0.3 is 6.18 Å². The summed E-state index contributed by atoms with van der Waals surface area (Å²) in [6, 6.07) is 5.10. The summed E-state index contributed by atoms with van der Waals surface area (Å²) in [5.41, 5.74) is 2.74. The Morgan fingerprint density at radius 3 is 2.59 bits per heavy atom. The van der Waals surface area contributed by atoms with Crippen LogP contribution in [0.2, 0.25) is 0 Å². The molecule has 200 valence electrons. The van der Waals surface area contributed by atoms with Crippen LogP contribution < -0.4 is 5.32 Å². The third-order valence-electron chi connectivity index (χ3n) is 6.64. The largest absolute Gasteiger partial charge is 0.435 e. The molecule has 0 saturated heterocycles. The minimum atomic E-state index is -4.59. The van der Waals surface area contributed by atoms with E-state index in [0.29, 0.717) is 35.2 Å². The van der Waals surface area contributed by atoms with Crippen LogP contribution in [0.25, 0.3) is 22.7 Å². The van der Waals surface area contributed by atoms with E-state index in [-0.39, 0.29) is 17.9 Å². The Morgan fingerprint density at radius 1 is 1.08 bits per heavy atom. The molecule has 39 heavy (non-hydrogen) atoms. The van der Waals surface area contributed by atoms with Gasteiger partial charge in [0.25, 0.3) is 0 Å². The van der Waals surface area contributed by atoms with Gasteiger partial charge in [-0.25, -0.2) is 33.5 Å². The lowest BCUT2D eigenvalue weighted by molar-refractivity contribution is -0.141. The zero-order chi connectivity index (χ0) is 27.3. The second-order valence-electron chi connectivity index (χ2n) is 9.40. The van der Waals surface area contributed by atoms with Crippen molar-refractivity contribution in [2.24, 2.45) is 0 Å². The zero-order valence-electron chi connectivity index (χ0n) is 21.0. The Morgan fingerprint density at radius 2 is 1.90 bits per heavy atom. The number of halogens is 4. The lowest BCUT2D eigenvalue weighted by Gasteiger charge is -2.14. The number of hydrogen-bond acceptors (Lipinski definition) is 7. The van der Waals surface area contributed by atoms with E-state index in [1.807, 2.05) is 6.92 Å². The predicted octanol–water partition coefficient (Wildman–Crippen LogP) is 5.29. The monoisotopic (exact) mass is 537 g/mol. The van der Waals surface area contributed by atoms with Gasteiger partial charge in [-0.15, -0.1) is 5.10 Å². The molecule has 0 aliphatic heterocycles. The molecule has 4 heterocycles. The molecule has 0 spiro atoms. The number of imidazole rings is 1. The molecule has 1 saturated carbocycles. The summed E-state index contributed by atoms with van der Waals surface area (Å²) in [5, 5.41) is 11.4. The van der Waals surface area contributed by atoms with E-state index in [4.69, 9.17) is 4.98 Å². The van der Waals surface area contributed by atoms with Gasteiger partial charge in [0.1, 0.15) is 12.1 Å². The Labute approximate surface area is 220 Å². The van der Waals surface area contributed by atoms with Crippen LogP contribution in [0, 0.1) is 12.7 Å². The molecule has 0 unspecified atom stereocenters. The van der Waals surface area contributed by atoms with Gasteiger partial charge in [-0.2, -0.15) is 18.3 Å². The maximum Gasteiger partial charge on any atom is 0.435 e. The van der Waals surface area contributed by atoms with Crippen molar-refractivity contribution in [3.63, 3.8) is 0 Å². The molecule has 0 bridgehead atoms. The summed E-state index contributed by atoms with van der Waals surface area (Å²) >= 11 is 0.